The molecule has 0 aliphatic heterocycles. The number of ether oxygens (including phenoxy) is 1. The summed E-state index contributed by atoms with van der Waals surface area (Å²) in [5, 5.41) is 0.752. The molecule has 1 aromatic carbocycles. The average molecular weight is 453 g/mol. The van der Waals surface area contributed by atoms with Crippen molar-refractivity contribution in [3.05, 3.63) is 41.2 Å². The lowest BCUT2D eigenvalue weighted by Gasteiger charge is -2.16. The Labute approximate surface area is 167 Å². The van der Waals surface area contributed by atoms with Crippen LogP contribution in [0.25, 0.3) is 10.9 Å². The van der Waals surface area contributed by atoms with Crippen molar-refractivity contribution in [2.45, 2.75) is 23.7 Å². The van der Waals surface area contributed by atoms with Gasteiger partial charge in [-0.2, -0.15) is 13.8 Å². The van der Waals surface area contributed by atoms with Crippen LogP contribution >= 0.6 is 11.6 Å². The molecule has 2 aromatic heterocycles. The zero-order chi connectivity index (χ0) is 21.4. The number of rotatable bonds is 7. The molecule has 0 saturated carbocycles. The quantitative estimate of drug-likeness (QED) is 0.530. The van der Waals surface area contributed by atoms with Crippen LogP contribution in [-0.4, -0.2) is 42.8 Å². The maximum Gasteiger partial charge on any atom is 0.311 e. The number of alkyl halides is 4. The number of methoxy groups -OCH3 is 1. The summed E-state index contributed by atoms with van der Waals surface area (Å²) in [6.07, 6.45) is -3.22. The number of halogens is 5. The van der Waals surface area contributed by atoms with E-state index in [0.717, 1.165) is 13.3 Å². The zero-order valence-corrected chi connectivity index (χ0v) is 16.2. The van der Waals surface area contributed by atoms with Gasteiger partial charge >= 0.3 is 12.3 Å². The third-order valence-corrected chi connectivity index (χ3v) is 5.49. The smallest absolute Gasteiger partial charge is 0.311 e. The third kappa shape index (κ3) is 4.37. The van der Waals surface area contributed by atoms with Crippen LogP contribution in [0, 0.1) is 0 Å². The van der Waals surface area contributed by atoms with Crippen molar-refractivity contribution >= 4 is 38.5 Å². The van der Waals surface area contributed by atoms with Crippen LogP contribution < -0.4 is 9.46 Å². The second-order valence-corrected chi connectivity index (χ2v) is 8.00. The molecule has 13 heteroatoms. The molecule has 0 saturated heterocycles. The maximum absolute atomic E-state index is 13.3. The van der Waals surface area contributed by atoms with Gasteiger partial charge in [-0.25, -0.2) is 26.9 Å². The molecule has 0 fully saturated rings. The summed E-state index contributed by atoms with van der Waals surface area (Å²) in [4.78, 5) is 9.96. The summed E-state index contributed by atoms with van der Waals surface area (Å²) in [6, 6.07) is 4.54. The first-order valence-corrected chi connectivity index (χ1v) is 9.75. The first-order chi connectivity index (χ1) is 13.5. The number of anilines is 1. The largest absolute Gasteiger partial charge is 0.481 e. The van der Waals surface area contributed by atoms with Gasteiger partial charge in [-0.05, 0) is 18.2 Å². The molecule has 0 aliphatic rings. The van der Waals surface area contributed by atoms with E-state index in [1.54, 1.807) is 0 Å². The highest BCUT2D eigenvalue weighted by atomic mass is 35.5. The summed E-state index contributed by atoms with van der Waals surface area (Å²) in [6.45, 7) is 0. The van der Waals surface area contributed by atoms with Gasteiger partial charge in [0.1, 0.15) is 4.90 Å². The number of benzene rings is 1. The van der Waals surface area contributed by atoms with Gasteiger partial charge in [0.15, 0.2) is 0 Å². The van der Waals surface area contributed by atoms with Crippen LogP contribution in [0.4, 0.5) is 23.5 Å². The highest BCUT2D eigenvalue weighted by molar-refractivity contribution is 7.93. The number of hydrogen-bond acceptors (Lipinski definition) is 5. The molecule has 0 spiro atoms. The predicted molar refractivity (Wildman–Crippen MR) is 97.4 cm³/mol. The van der Waals surface area contributed by atoms with Gasteiger partial charge < -0.3 is 9.72 Å². The van der Waals surface area contributed by atoms with Crippen molar-refractivity contribution in [2.75, 3.05) is 11.8 Å². The van der Waals surface area contributed by atoms with E-state index in [4.69, 9.17) is 16.3 Å². The first-order valence-electron chi connectivity index (χ1n) is 7.89. The standard InChI is InChI=1S/C16H13ClF4N4O3S/c1-28-13-8(5-16(20,21)14(18)19)6-23-15(24-13)25-29(26,27)12-7-22-11-4-9(17)2-3-10(11)12/h2-4,6-7,14,22H,5H2,1H3,(H,23,24,25). The van der Waals surface area contributed by atoms with Crippen LogP contribution in [0.3, 0.4) is 0 Å². The average Bonchev–Trinajstić information content (AvgIpc) is 3.06. The summed E-state index contributed by atoms with van der Waals surface area (Å²) >= 11 is 5.87. The van der Waals surface area contributed by atoms with Crippen molar-refractivity contribution in [2.24, 2.45) is 0 Å². The lowest BCUT2D eigenvalue weighted by Crippen LogP contribution is -2.29. The minimum atomic E-state index is -4.32. The fourth-order valence-electron chi connectivity index (χ4n) is 2.54. The highest BCUT2D eigenvalue weighted by Crippen LogP contribution is 2.31. The number of fused-ring (bicyclic) bond motifs is 1. The van der Waals surface area contributed by atoms with E-state index in [9.17, 15) is 26.0 Å². The molecule has 29 heavy (non-hydrogen) atoms. The zero-order valence-electron chi connectivity index (χ0n) is 14.6. The molecule has 2 N–H and O–H groups in total. The number of nitrogens with one attached hydrogen (secondary N) is 2. The van der Waals surface area contributed by atoms with Crippen LogP contribution in [0.2, 0.25) is 5.02 Å². The molecule has 0 unspecified atom stereocenters. The van der Waals surface area contributed by atoms with Gasteiger partial charge in [-0.1, -0.05) is 11.6 Å². The van der Waals surface area contributed by atoms with Crippen LogP contribution in [-0.2, 0) is 16.4 Å². The molecule has 156 valence electrons. The molecule has 7 nitrogen and oxygen atoms in total. The lowest BCUT2D eigenvalue weighted by atomic mass is 10.1. The Morgan fingerprint density at radius 1 is 1.34 bits per heavy atom. The van der Waals surface area contributed by atoms with E-state index < -0.39 is 46.2 Å². The van der Waals surface area contributed by atoms with E-state index in [0.29, 0.717) is 15.9 Å². The molecule has 0 radical (unpaired) electrons. The molecule has 3 aromatic rings. The third-order valence-electron chi connectivity index (χ3n) is 3.88. The molecule has 2 heterocycles. The van der Waals surface area contributed by atoms with Crippen LogP contribution in [0.1, 0.15) is 5.56 Å². The highest BCUT2D eigenvalue weighted by Gasteiger charge is 2.41. The summed E-state index contributed by atoms with van der Waals surface area (Å²) in [5.74, 6) is -5.25. The number of H-pyrrole nitrogens is 1. The monoisotopic (exact) mass is 452 g/mol. The van der Waals surface area contributed by atoms with Crippen molar-refractivity contribution in [3.63, 3.8) is 0 Å². The van der Waals surface area contributed by atoms with Crippen molar-refractivity contribution in [1.29, 1.82) is 0 Å². The normalized spacial score (nSPS) is 12.5. The van der Waals surface area contributed by atoms with Crippen molar-refractivity contribution in [1.82, 2.24) is 15.0 Å². The van der Waals surface area contributed by atoms with Gasteiger partial charge in [0, 0.05) is 40.3 Å². The number of aromatic amines is 1. The SMILES string of the molecule is COc1nc(NS(=O)(=O)c2c[nH]c3cc(Cl)ccc23)ncc1CC(F)(F)C(F)F. The molecular weight excluding hydrogens is 440 g/mol. The van der Waals surface area contributed by atoms with E-state index in [1.807, 2.05) is 0 Å². The molecule has 0 bridgehead atoms. The van der Waals surface area contributed by atoms with Gasteiger partial charge in [-0.15, -0.1) is 0 Å². The molecule has 0 aliphatic carbocycles. The molecule has 0 atom stereocenters. The molecule has 3 rings (SSSR count). The van der Waals surface area contributed by atoms with Gasteiger partial charge in [0.25, 0.3) is 10.0 Å². The lowest BCUT2D eigenvalue weighted by molar-refractivity contribution is -0.127. The van der Waals surface area contributed by atoms with E-state index in [2.05, 4.69) is 19.7 Å². The van der Waals surface area contributed by atoms with Gasteiger partial charge in [0.2, 0.25) is 11.8 Å². The number of sulfonamides is 1. The van der Waals surface area contributed by atoms with E-state index in [1.165, 1.54) is 24.4 Å². The Bertz CT molecular complexity index is 1150. The van der Waals surface area contributed by atoms with Gasteiger partial charge in [0.05, 0.1) is 7.11 Å². The minimum Gasteiger partial charge on any atom is -0.481 e. The number of hydrogen-bond donors (Lipinski definition) is 2. The number of aromatic nitrogens is 3. The Kier molecular flexibility index (Phi) is 5.59. The molecule has 0 amide bonds. The van der Waals surface area contributed by atoms with E-state index in [-0.39, 0.29) is 4.90 Å². The van der Waals surface area contributed by atoms with Crippen molar-refractivity contribution in [3.8, 4) is 5.88 Å². The number of nitrogens with zero attached hydrogens (tertiary/aromatic N) is 2. The van der Waals surface area contributed by atoms with Crippen LogP contribution in [0.15, 0.2) is 35.5 Å². The Morgan fingerprint density at radius 2 is 2.07 bits per heavy atom. The second-order valence-electron chi connectivity index (χ2n) is 5.91. The fourth-order valence-corrected chi connectivity index (χ4v) is 3.84. The van der Waals surface area contributed by atoms with Crippen molar-refractivity contribution < 1.29 is 30.7 Å². The topological polar surface area (TPSA) is 97.0 Å². The molecular formula is C16H13ClF4N4O3S. The van der Waals surface area contributed by atoms with Gasteiger partial charge in [-0.3, -0.25) is 0 Å². The first kappa shape index (κ1) is 21.1. The second kappa shape index (κ2) is 7.67. The Morgan fingerprint density at radius 3 is 2.72 bits per heavy atom. The van der Waals surface area contributed by atoms with Crippen LogP contribution in [0.5, 0.6) is 5.88 Å². The Hall–Kier alpha value is -2.60. The minimum absolute atomic E-state index is 0.125. The predicted octanol–water partition coefficient (Wildman–Crippen LogP) is 3.86. The summed E-state index contributed by atoms with van der Waals surface area (Å²) < 4.78 is 83.6. The summed E-state index contributed by atoms with van der Waals surface area (Å²) in [7, 11) is -3.09. The maximum atomic E-state index is 13.3. The summed E-state index contributed by atoms with van der Waals surface area (Å²) in [5.41, 5.74) is 0.0726. The fraction of sp³-hybridized carbons (Fsp3) is 0.250. The Balaban J connectivity index is 1.91. The van der Waals surface area contributed by atoms with E-state index >= 15 is 0 Å².